The van der Waals surface area contributed by atoms with E-state index in [0.29, 0.717) is 6.61 Å². The standard InChI is InChI=1S/C16H21N3O2/c1-3-6-14-11-15(20-2)7-8-16(14)21-10-5-4-9-19-13-17-12-18-19/h3,7-8,11-13H,1,4-6,9-10H2,2H3. The van der Waals surface area contributed by atoms with Gasteiger partial charge in [0, 0.05) is 12.1 Å². The molecule has 0 aliphatic heterocycles. The van der Waals surface area contributed by atoms with Gasteiger partial charge in [0.25, 0.3) is 0 Å². The summed E-state index contributed by atoms with van der Waals surface area (Å²) < 4.78 is 12.9. The Morgan fingerprint density at radius 3 is 2.95 bits per heavy atom. The van der Waals surface area contributed by atoms with Gasteiger partial charge in [0.05, 0.1) is 13.7 Å². The molecule has 112 valence electrons. The van der Waals surface area contributed by atoms with Gasteiger partial charge in [-0.05, 0) is 37.5 Å². The Morgan fingerprint density at radius 1 is 1.33 bits per heavy atom. The van der Waals surface area contributed by atoms with E-state index in [1.165, 1.54) is 0 Å². The van der Waals surface area contributed by atoms with Gasteiger partial charge in [0.1, 0.15) is 24.2 Å². The van der Waals surface area contributed by atoms with E-state index in [4.69, 9.17) is 9.47 Å². The number of unbranched alkanes of at least 4 members (excludes halogenated alkanes) is 1. The molecule has 0 aliphatic rings. The molecule has 0 bridgehead atoms. The van der Waals surface area contributed by atoms with Gasteiger partial charge in [-0.25, -0.2) is 4.98 Å². The summed E-state index contributed by atoms with van der Waals surface area (Å²) in [6.07, 6.45) is 7.90. The number of nitrogens with zero attached hydrogens (tertiary/aromatic N) is 3. The van der Waals surface area contributed by atoms with Crippen LogP contribution in [0.1, 0.15) is 18.4 Å². The van der Waals surface area contributed by atoms with E-state index in [-0.39, 0.29) is 0 Å². The third-order valence-electron chi connectivity index (χ3n) is 3.14. The summed E-state index contributed by atoms with van der Waals surface area (Å²) in [7, 11) is 1.66. The molecule has 2 aromatic rings. The minimum absolute atomic E-state index is 0.686. The number of benzene rings is 1. The third-order valence-corrected chi connectivity index (χ3v) is 3.14. The number of methoxy groups -OCH3 is 1. The highest BCUT2D eigenvalue weighted by molar-refractivity contribution is 5.41. The monoisotopic (exact) mass is 287 g/mol. The van der Waals surface area contributed by atoms with Crippen molar-refractivity contribution >= 4 is 0 Å². The smallest absolute Gasteiger partial charge is 0.137 e. The molecule has 0 aliphatic carbocycles. The second-order valence-electron chi connectivity index (χ2n) is 4.68. The lowest BCUT2D eigenvalue weighted by Crippen LogP contribution is -2.04. The second-order valence-corrected chi connectivity index (χ2v) is 4.68. The largest absolute Gasteiger partial charge is 0.497 e. The lowest BCUT2D eigenvalue weighted by atomic mass is 10.1. The van der Waals surface area contributed by atoms with Crippen LogP contribution in [0.15, 0.2) is 43.5 Å². The molecule has 0 fully saturated rings. The first-order chi connectivity index (χ1) is 10.3. The molecule has 0 spiro atoms. The molecule has 0 saturated carbocycles. The van der Waals surface area contributed by atoms with Gasteiger partial charge >= 0.3 is 0 Å². The van der Waals surface area contributed by atoms with E-state index in [2.05, 4.69) is 16.7 Å². The van der Waals surface area contributed by atoms with E-state index >= 15 is 0 Å². The number of rotatable bonds is 9. The molecule has 0 saturated heterocycles. The van der Waals surface area contributed by atoms with Gasteiger partial charge in [-0.1, -0.05) is 6.08 Å². The first-order valence-corrected chi connectivity index (χ1v) is 7.06. The number of ether oxygens (including phenoxy) is 2. The van der Waals surface area contributed by atoms with Crippen molar-refractivity contribution in [3.05, 3.63) is 49.1 Å². The third kappa shape index (κ3) is 4.63. The minimum atomic E-state index is 0.686. The molecule has 21 heavy (non-hydrogen) atoms. The van der Waals surface area contributed by atoms with Crippen molar-refractivity contribution in [2.45, 2.75) is 25.8 Å². The molecule has 1 heterocycles. The minimum Gasteiger partial charge on any atom is -0.497 e. The lowest BCUT2D eigenvalue weighted by Gasteiger charge is -2.12. The summed E-state index contributed by atoms with van der Waals surface area (Å²) in [5.41, 5.74) is 1.10. The maximum absolute atomic E-state index is 5.86. The summed E-state index contributed by atoms with van der Waals surface area (Å²) >= 11 is 0. The fourth-order valence-electron chi connectivity index (χ4n) is 2.04. The first-order valence-electron chi connectivity index (χ1n) is 7.06. The van der Waals surface area contributed by atoms with Crippen LogP contribution >= 0.6 is 0 Å². The molecule has 5 nitrogen and oxygen atoms in total. The van der Waals surface area contributed by atoms with Gasteiger partial charge in [0.2, 0.25) is 0 Å². The molecule has 2 rings (SSSR count). The van der Waals surface area contributed by atoms with Crippen LogP contribution < -0.4 is 9.47 Å². The Morgan fingerprint density at radius 2 is 2.24 bits per heavy atom. The molecule has 0 radical (unpaired) electrons. The van der Waals surface area contributed by atoms with Crippen molar-refractivity contribution in [2.75, 3.05) is 13.7 Å². The van der Waals surface area contributed by atoms with Crippen LogP contribution in [0.2, 0.25) is 0 Å². The van der Waals surface area contributed by atoms with Crippen LogP contribution in [0, 0.1) is 0 Å². The van der Waals surface area contributed by atoms with Crippen LogP contribution in [0.25, 0.3) is 0 Å². The molecule has 1 aromatic carbocycles. The van der Waals surface area contributed by atoms with Crippen molar-refractivity contribution in [3.63, 3.8) is 0 Å². The average molecular weight is 287 g/mol. The summed E-state index contributed by atoms with van der Waals surface area (Å²) in [5, 5.41) is 4.07. The lowest BCUT2D eigenvalue weighted by molar-refractivity contribution is 0.298. The highest BCUT2D eigenvalue weighted by Crippen LogP contribution is 2.25. The van der Waals surface area contributed by atoms with Gasteiger partial charge in [-0.3, -0.25) is 4.68 Å². The maximum Gasteiger partial charge on any atom is 0.137 e. The zero-order chi connectivity index (χ0) is 14.9. The Kier molecular flexibility index (Phi) is 5.82. The predicted octanol–water partition coefficient (Wildman–Crippen LogP) is 2.87. The fraction of sp³-hybridized carbons (Fsp3) is 0.375. The van der Waals surface area contributed by atoms with Crippen molar-refractivity contribution in [3.8, 4) is 11.5 Å². The summed E-state index contributed by atoms with van der Waals surface area (Å²) in [6, 6.07) is 5.86. The molecule has 0 unspecified atom stereocenters. The van der Waals surface area contributed by atoms with Crippen molar-refractivity contribution in [2.24, 2.45) is 0 Å². The molecule has 0 N–H and O–H groups in total. The Balaban J connectivity index is 1.80. The van der Waals surface area contributed by atoms with Crippen molar-refractivity contribution in [1.29, 1.82) is 0 Å². The number of hydrogen-bond acceptors (Lipinski definition) is 4. The van der Waals surface area contributed by atoms with E-state index in [9.17, 15) is 0 Å². The molecule has 0 amide bonds. The second kappa shape index (κ2) is 8.09. The van der Waals surface area contributed by atoms with Gasteiger partial charge in [-0.2, -0.15) is 5.10 Å². The van der Waals surface area contributed by atoms with Gasteiger partial charge in [0.15, 0.2) is 0 Å². The van der Waals surface area contributed by atoms with Crippen LogP contribution in [-0.2, 0) is 13.0 Å². The van der Waals surface area contributed by atoms with Crippen molar-refractivity contribution < 1.29 is 9.47 Å². The SMILES string of the molecule is C=CCc1cc(OC)ccc1OCCCCn1cncn1. The van der Waals surface area contributed by atoms with Crippen LogP contribution in [0.4, 0.5) is 0 Å². The Labute approximate surface area is 125 Å². The molecule has 0 atom stereocenters. The van der Waals surface area contributed by atoms with Crippen LogP contribution in [0.3, 0.4) is 0 Å². The number of aryl methyl sites for hydroxylation is 1. The highest BCUT2D eigenvalue weighted by atomic mass is 16.5. The van der Waals surface area contributed by atoms with Gasteiger partial charge < -0.3 is 9.47 Å². The normalized spacial score (nSPS) is 10.3. The Bertz CT molecular complexity index is 553. The fourth-order valence-corrected chi connectivity index (χ4v) is 2.04. The predicted molar refractivity (Wildman–Crippen MR) is 81.6 cm³/mol. The van der Waals surface area contributed by atoms with E-state index in [1.54, 1.807) is 19.8 Å². The summed E-state index contributed by atoms with van der Waals surface area (Å²) in [5.74, 6) is 1.74. The number of hydrogen-bond donors (Lipinski definition) is 0. The maximum atomic E-state index is 5.86. The van der Waals surface area contributed by atoms with Crippen LogP contribution in [-0.4, -0.2) is 28.5 Å². The first kappa shape index (κ1) is 15.1. The molecular weight excluding hydrogens is 266 g/mol. The zero-order valence-corrected chi connectivity index (χ0v) is 12.4. The van der Waals surface area contributed by atoms with Crippen molar-refractivity contribution in [1.82, 2.24) is 14.8 Å². The molecular formula is C16H21N3O2. The van der Waals surface area contributed by atoms with Gasteiger partial charge in [-0.15, -0.1) is 6.58 Å². The van der Waals surface area contributed by atoms with Crippen LogP contribution in [0.5, 0.6) is 11.5 Å². The van der Waals surface area contributed by atoms with E-state index < -0.39 is 0 Å². The molecule has 1 aromatic heterocycles. The van der Waals surface area contributed by atoms with E-state index in [0.717, 1.165) is 42.9 Å². The Hall–Kier alpha value is -2.30. The summed E-state index contributed by atoms with van der Waals surface area (Å²) in [4.78, 5) is 3.92. The number of aromatic nitrogens is 3. The number of allylic oxidation sites excluding steroid dienone is 1. The summed E-state index contributed by atoms with van der Waals surface area (Å²) in [6.45, 7) is 5.33. The quantitative estimate of drug-likeness (QED) is 0.525. The highest BCUT2D eigenvalue weighted by Gasteiger charge is 2.04. The van der Waals surface area contributed by atoms with E-state index in [1.807, 2.05) is 29.0 Å². The molecule has 5 heteroatoms. The zero-order valence-electron chi connectivity index (χ0n) is 12.4. The average Bonchev–Trinajstić information content (AvgIpc) is 3.01. The topological polar surface area (TPSA) is 49.2 Å².